The van der Waals surface area contributed by atoms with Crippen LogP contribution in [0.1, 0.15) is 0 Å². The molecule has 12 heavy (non-hydrogen) atoms. The molecule has 0 unspecified atom stereocenters. The van der Waals surface area contributed by atoms with Crippen LogP contribution in [0.2, 0.25) is 0 Å². The van der Waals surface area contributed by atoms with E-state index in [1.807, 2.05) is 0 Å². The Morgan fingerprint density at radius 1 is 1.33 bits per heavy atom. The van der Waals surface area contributed by atoms with Crippen molar-refractivity contribution in [1.29, 1.82) is 0 Å². The van der Waals surface area contributed by atoms with Crippen molar-refractivity contribution in [3.8, 4) is 0 Å². The second kappa shape index (κ2) is 4.36. The number of rotatable bonds is 2. The molecule has 0 aliphatic carbocycles. The number of halogens is 2. The van der Waals surface area contributed by atoms with Crippen LogP contribution < -0.4 is 0 Å². The number of carboxylic acid groups (broad SMARTS) is 1. The Morgan fingerprint density at radius 2 is 1.83 bits per heavy atom. The number of hydrogen-bond donors (Lipinski definition) is 1. The first kappa shape index (κ1) is 10.2. The first-order chi connectivity index (χ1) is 5.63. The first-order valence-corrected chi connectivity index (χ1v) is 4.73. The predicted molar refractivity (Wildman–Crippen MR) is 48.2 cm³/mol. The minimum atomic E-state index is -1.05. The molecule has 1 saturated heterocycles. The molecule has 4 nitrogen and oxygen atoms in total. The van der Waals surface area contributed by atoms with Gasteiger partial charge in [-0.05, 0) is 31.9 Å². The molecule has 0 bridgehead atoms. The zero-order chi connectivity index (χ0) is 9.14. The fourth-order valence-corrected chi connectivity index (χ4v) is 1.33. The molecular weight excluding hydrogens is 296 g/mol. The molecule has 0 atom stereocenters. The quantitative estimate of drug-likeness (QED) is 0.784. The molecule has 0 spiro atoms. The van der Waals surface area contributed by atoms with Crippen LogP contribution in [0.3, 0.4) is 0 Å². The van der Waals surface area contributed by atoms with Crippen LogP contribution in [0, 0.1) is 0 Å². The SMILES string of the molecule is O=C(O)/C(Br)=C(\Br)C1OCCO1. The van der Waals surface area contributed by atoms with Gasteiger partial charge in [-0.25, -0.2) is 4.79 Å². The number of hydrogen-bond acceptors (Lipinski definition) is 3. The average Bonchev–Trinajstić information content (AvgIpc) is 2.53. The van der Waals surface area contributed by atoms with Gasteiger partial charge in [-0.15, -0.1) is 0 Å². The third-order valence-corrected chi connectivity index (χ3v) is 3.29. The Kier molecular flexibility index (Phi) is 3.70. The van der Waals surface area contributed by atoms with E-state index < -0.39 is 12.3 Å². The summed E-state index contributed by atoms with van der Waals surface area (Å²) in [6.45, 7) is 0.972. The molecule has 1 heterocycles. The van der Waals surface area contributed by atoms with E-state index in [-0.39, 0.29) is 4.48 Å². The summed E-state index contributed by atoms with van der Waals surface area (Å²) in [6, 6.07) is 0. The third-order valence-electron chi connectivity index (χ3n) is 1.23. The van der Waals surface area contributed by atoms with Crippen molar-refractivity contribution in [1.82, 2.24) is 0 Å². The summed E-state index contributed by atoms with van der Waals surface area (Å²) < 4.78 is 10.5. The van der Waals surface area contributed by atoms with Crippen LogP contribution in [0.15, 0.2) is 8.96 Å². The van der Waals surface area contributed by atoms with Gasteiger partial charge in [-0.2, -0.15) is 0 Å². The average molecular weight is 302 g/mol. The van der Waals surface area contributed by atoms with Crippen molar-refractivity contribution in [2.24, 2.45) is 0 Å². The topological polar surface area (TPSA) is 55.8 Å². The van der Waals surface area contributed by atoms with Gasteiger partial charge in [0.25, 0.3) is 0 Å². The van der Waals surface area contributed by atoms with Gasteiger partial charge >= 0.3 is 5.97 Å². The van der Waals surface area contributed by atoms with Crippen molar-refractivity contribution in [2.45, 2.75) is 6.29 Å². The Morgan fingerprint density at radius 3 is 2.25 bits per heavy atom. The van der Waals surface area contributed by atoms with Crippen LogP contribution >= 0.6 is 31.9 Å². The summed E-state index contributed by atoms with van der Waals surface area (Å²) in [5, 5.41) is 8.57. The van der Waals surface area contributed by atoms with Gasteiger partial charge in [-0.1, -0.05) is 0 Å². The lowest BCUT2D eigenvalue weighted by Gasteiger charge is -2.07. The molecular formula is C6H6Br2O4. The molecule has 1 aliphatic heterocycles. The largest absolute Gasteiger partial charge is 0.477 e. The van der Waals surface area contributed by atoms with E-state index in [0.29, 0.717) is 17.7 Å². The maximum Gasteiger partial charge on any atom is 0.343 e. The van der Waals surface area contributed by atoms with Crippen LogP contribution in [-0.2, 0) is 14.3 Å². The maximum absolute atomic E-state index is 10.5. The van der Waals surface area contributed by atoms with Crippen LogP contribution in [0.4, 0.5) is 0 Å². The molecule has 0 aromatic carbocycles. The van der Waals surface area contributed by atoms with E-state index in [0.717, 1.165) is 0 Å². The van der Waals surface area contributed by atoms with Crippen molar-refractivity contribution >= 4 is 37.8 Å². The Hall–Kier alpha value is 0.0900. The zero-order valence-electron chi connectivity index (χ0n) is 5.92. The van der Waals surface area contributed by atoms with Crippen molar-refractivity contribution < 1.29 is 19.4 Å². The van der Waals surface area contributed by atoms with E-state index in [1.165, 1.54) is 0 Å². The van der Waals surface area contributed by atoms with E-state index in [1.54, 1.807) is 0 Å². The summed E-state index contributed by atoms with van der Waals surface area (Å²) in [5.41, 5.74) is 0. The molecule has 1 aliphatic rings. The molecule has 1 fully saturated rings. The fraction of sp³-hybridized carbons (Fsp3) is 0.500. The minimum absolute atomic E-state index is 0.0226. The van der Waals surface area contributed by atoms with Gasteiger partial charge in [0, 0.05) is 0 Å². The van der Waals surface area contributed by atoms with Gasteiger partial charge in [0.1, 0.15) is 4.48 Å². The summed E-state index contributed by atoms with van der Waals surface area (Å²) in [7, 11) is 0. The maximum atomic E-state index is 10.5. The molecule has 0 aromatic rings. The number of carboxylic acids is 1. The Bertz CT molecular complexity index is 220. The molecule has 0 radical (unpaired) electrons. The van der Waals surface area contributed by atoms with Gasteiger partial charge in [0.15, 0.2) is 6.29 Å². The fourth-order valence-electron chi connectivity index (χ4n) is 0.710. The Labute approximate surface area is 85.8 Å². The smallest absolute Gasteiger partial charge is 0.343 e. The minimum Gasteiger partial charge on any atom is -0.477 e. The molecule has 0 aromatic heterocycles. The lowest BCUT2D eigenvalue weighted by atomic mass is 10.5. The molecule has 0 saturated carbocycles. The second-order valence-electron chi connectivity index (χ2n) is 2.04. The van der Waals surface area contributed by atoms with E-state index >= 15 is 0 Å². The van der Waals surface area contributed by atoms with E-state index in [9.17, 15) is 4.79 Å². The molecule has 68 valence electrons. The lowest BCUT2D eigenvalue weighted by molar-refractivity contribution is -0.131. The molecule has 0 amide bonds. The molecule has 1 N–H and O–H groups in total. The van der Waals surface area contributed by atoms with Gasteiger partial charge in [0.05, 0.1) is 17.7 Å². The highest BCUT2D eigenvalue weighted by atomic mass is 79.9. The monoisotopic (exact) mass is 300 g/mol. The summed E-state index contributed by atoms with van der Waals surface area (Å²) in [6.07, 6.45) is -0.588. The number of carbonyl (C=O) groups is 1. The van der Waals surface area contributed by atoms with Crippen LogP contribution in [0.25, 0.3) is 0 Å². The number of ether oxygens (including phenoxy) is 2. The summed E-state index contributed by atoms with van der Waals surface area (Å²) in [5.74, 6) is -1.05. The summed E-state index contributed by atoms with van der Waals surface area (Å²) in [4.78, 5) is 10.5. The highest BCUT2D eigenvalue weighted by Gasteiger charge is 2.23. The highest BCUT2D eigenvalue weighted by Crippen LogP contribution is 2.26. The van der Waals surface area contributed by atoms with Gasteiger partial charge in [0.2, 0.25) is 0 Å². The lowest BCUT2D eigenvalue weighted by Crippen LogP contribution is -2.10. The predicted octanol–water partition coefficient (Wildman–Crippen LogP) is 1.45. The molecule has 6 heteroatoms. The second-order valence-corrected chi connectivity index (χ2v) is 3.69. The third kappa shape index (κ3) is 2.29. The first-order valence-electron chi connectivity index (χ1n) is 3.14. The van der Waals surface area contributed by atoms with E-state index in [4.69, 9.17) is 14.6 Å². The normalized spacial score (nSPS) is 20.8. The zero-order valence-corrected chi connectivity index (χ0v) is 9.09. The summed E-state index contributed by atoms with van der Waals surface area (Å²) >= 11 is 5.96. The highest BCUT2D eigenvalue weighted by molar-refractivity contribution is 9.14. The Balaban J connectivity index is 2.72. The molecule has 1 rings (SSSR count). The van der Waals surface area contributed by atoms with Crippen molar-refractivity contribution in [3.63, 3.8) is 0 Å². The van der Waals surface area contributed by atoms with Crippen LogP contribution in [0.5, 0.6) is 0 Å². The van der Waals surface area contributed by atoms with E-state index in [2.05, 4.69) is 31.9 Å². The van der Waals surface area contributed by atoms with Crippen LogP contribution in [-0.4, -0.2) is 30.6 Å². The van der Waals surface area contributed by atoms with Crippen molar-refractivity contribution in [2.75, 3.05) is 13.2 Å². The number of aliphatic carboxylic acids is 1. The van der Waals surface area contributed by atoms with Gasteiger partial charge in [-0.3, -0.25) is 0 Å². The van der Waals surface area contributed by atoms with Gasteiger partial charge < -0.3 is 14.6 Å². The standard InChI is InChI=1S/C6H6Br2O4/c7-3(5(9)10)4(8)6-11-1-2-12-6/h6H,1-2H2,(H,9,10)/b4-3+. The van der Waals surface area contributed by atoms with Crippen molar-refractivity contribution in [3.05, 3.63) is 8.96 Å².